The predicted molar refractivity (Wildman–Crippen MR) is 56.5 cm³/mol. The maximum Gasteiger partial charge on any atom is 0.0414 e. The van der Waals surface area contributed by atoms with Crippen LogP contribution in [0.4, 0.5) is 0 Å². The van der Waals surface area contributed by atoms with E-state index in [0.717, 1.165) is 11.3 Å². The fourth-order valence-electron chi connectivity index (χ4n) is 0.881. The number of aliphatic imine (C=N–C) groups is 1. The minimum atomic E-state index is 0.126. The topological polar surface area (TPSA) is 12.4 Å². The minimum absolute atomic E-state index is 0.126. The predicted octanol–water partition coefficient (Wildman–Crippen LogP) is 3.58. The van der Waals surface area contributed by atoms with Crippen molar-refractivity contribution in [3.05, 3.63) is 23.9 Å². The van der Waals surface area contributed by atoms with Crippen LogP contribution < -0.4 is 0 Å². The lowest BCUT2D eigenvalue weighted by Gasteiger charge is -2.18. The molecule has 0 aromatic carbocycles. The molecule has 0 rings (SSSR count). The van der Waals surface area contributed by atoms with Gasteiger partial charge in [0.25, 0.3) is 0 Å². The summed E-state index contributed by atoms with van der Waals surface area (Å²) in [7, 11) is 0. The first-order chi connectivity index (χ1) is 5.38. The first-order valence-electron chi connectivity index (χ1n) is 4.24. The Labute approximate surface area is 75.9 Å². The molecule has 0 atom stereocenters. The van der Waals surface area contributed by atoms with E-state index in [1.165, 1.54) is 0 Å². The van der Waals surface area contributed by atoms with Crippen LogP contribution in [0.3, 0.4) is 0 Å². The molecule has 0 fully saturated rings. The van der Waals surface area contributed by atoms with Crippen molar-refractivity contribution in [1.82, 2.24) is 0 Å². The molecule has 0 spiro atoms. The summed E-state index contributed by atoms with van der Waals surface area (Å²) in [5.41, 5.74) is 2.21. The molecule has 0 saturated carbocycles. The van der Waals surface area contributed by atoms with Gasteiger partial charge in [0.1, 0.15) is 0 Å². The van der Waals surface area contributed by atoms with Crippen molar-refractivity contribution < 1.29 is 0 Å². The fraction of sp³-hybridized carbons (Fsp3) is 0.545. The van der Waals surface area contributed by atoms with Gasteiger partial charge in [0.2, 0.25) is 0 Å². The molecule has 0 radical (unpaired) electrons. The maximum atomic E-state index is 4.35. The van der Waals surface area contributed by atoms with Gasteiger partial charge in [-0.15, -0.1) is 0 Å². The number of allylic oxidation sites excluding steroid dienone is 3. The van der Waals surface area contributed by atoms with Crippen LogP contribution in [0.25, 0.3) is 0 Å². The third-order valence-corrected chi connectivity index (χ3v) is 1.47. The van der Waals surface area contributed by atoms with Crippen molar-refractivity contribution >= 4 is 6.21 Å². The van der Waals surface area contributed by atoms with Crippen LogP contribution in [0, 0.1) is 5.41 Å². The second-order valence-electron chi connectivity index (χ2n) is 4.03. The third kappa shape index (κ3) is 4.12. The van der Waals surface area contributed by atoms with Crippen LogP contribution in [-0.2, 0) is 0 Å². The lowest BCUT2D eigenvalue weighted by atomic mass is 9.92. The molecule has 0 amide bonds. The van der Waals surface area contributed by atoms with Gasteiger partial charge >= 0.3 is 0 Å². The van der Waals surface area contributed by atoms with Gasteiger partial charge in [0, 0.05) is 17.3 Å². The Hall–Kier alpha value is -0.850. The van der Waals surface area contributed by atoms with E-state index in [9.17, 15) is 0 Å². The summed E-state index contributed by atoms with van der Waals surface area (Å²) in [5.74, 6) is 0. The average molecular weight is 165 g/mol. The van der Waals surface area contributed by atoms with Gasteiger partial charge in [-0.2, -0.15) is 0 Å². The van der Waals surface area contributed by atoms with E-state index in [1.54, 1.807) is 6.21 Å². The number of hydrogen-bond donors (Lipinski definition) is 0. The first-order valence-corrected chi connectivity index (χ1v) is 4.24. The van der Waals surface area contributed by atoms with Crippen molar-refractivity contribution in [3.8, 4) is 0 Å². The summed E-state index contributed by atoms with van der Waals surface area (Å²) in [6.45, 7) is 14.2. The molecular formula is C11H19N. The standard InChI is InChI=1S/C11H19N/c1-7-10(11(4,5)6)12-8-9(2)3/h7-8H,2H2,1,3-6H3/b10-7-,12-8?. The number of hydrogen-bond acceptors (Lipinski definition) is 1. The molecule has 0 aromatic heterocycles. The lowest BCUT2D eigenvalue weighted by molar-refractivity contribution is 0.498. The quantitative estimate of drug-likeness (QED) is 0.554. The molecule has 0 saturated heterocycles. The van der Waals surface area contributed by atoms with Gasteiger partial charge in [-0.05, 0) is 19.4 Å². The highest BCUT2D eigenvalue weighted by Crippen LogP contribution is 2.25. The molecule has 0 heterocycles. The van der Waals surface area contributed by atoms with Crippen LogP contribution >= 0.6 is 0 Å². The highest BCUT2D eigenvalue weighted by molar-refractivity contribution is 5.77. The summed E-state index contributed by atoms with van der Waals surface area (Å²) < 4.78 is 0. The molecule has 0 aliphatic carbocycles. The largest absolute Gasteiger partial charge is 0.261 e. The Morgan fingerprint density at radius 2 is 1.83 bits per heavy atom. The molecule has 0 aromatic rings. The van der Waals surface area contributed by atoms with E-state index in [0.29, 0.717) is 0 Å². The Bertz CT molecular complexity index is 214. The Morgan fingerprint density at radius 1 is 1.33 bits per heavy atom. The first kappa shape index (κ1) is 11.2. The van der Waals surface area contributed by atoms with Gasteiger partial charge in [-0.3, -0.25) is 4.99 Å². The Kier molecular flexibility index (Phi) is 3.94. The van der Waals surface area contributed by atoms with E-state index < -0.39 is 0 Å². The lowest BCUT2D eigenvalue weighted by Crippen LogP contribution is -2.07. The van der Waals surface area contributed by atoms with Gasteiger partial charge in [-0.25, -0.2) is 0 Å². The summed E-state index contributed by atoms with van der Waals surface area (Å²) in [4.78, 5) is 4.35. The summed E-state index contributed by atoms with van der Waals surface area (Å²) in [5, 5.41) is 0. The molecule has 0 N–H and O–H groups in total. The fourth-order valence-corrected chi connectivity index (χ4v) is 0.881. The van der Waals surface area contributed by atoms with E-state index in [-0.39, 0.29) is 5.41 Å². The monoisotopic (exact) mass is 165 g/mol. The highest BCUT2D eigenvalue weighted by atomic mass is 14.8. The molecule has 12 heavy (non-hydrogen) atoms. The molecule has 68 valence electrons. The van der Waals surface area contributed by atoms with Crippen LogP contribution in [0.5, 0.6) is 0 Å². The zero-order valence-corrected chi connectivity index (χ0v) is 8.81. The van der Waals surface area contributed by atoms with Gasteiger partial charge in [0.15, 0.2) is 0 Å². The smallest absolute Gasteiger partial charge is 0.0414 e. The molecule has 0 bridgehead atoms. The second kappa shape index (κ2) is 4.24. The van der Waals surface area contributed by atoms with Crippen molar-refractivity contribution in [2.45, 2.75) is 34.6 Å². The molecule has 1 heteroatoms. The summed E-state index contributed by atoms with van der Waals surface area (Å²) in [6.07, 6.45) is 3.85. The third-order valence-electron chi connectivity index (χ3n) is 1.47. The minimum Gasteiger partial charge on any atom is -0.261 e. The van der Waals surface area contributed by atoms with Crippen molar-refractivity contribution in [1.29, 1.82) is 0 Å². The van der Waals surface area contributed by atoms with Gasteiger partial charge in [0.05, 0.1) is 0 Å². The Balaban J connectivity index is 4.53. The highest BCUT2D eigenvalue weighted by Gasteiger charge is 2.14. The summed E-state index contributed by atoms with van der Waals surface area (Å²) in [6, 6.07) is 0. The van der Waals surface area contributed by atoms with Crippen LogP contribution in [-0.4, -0.2) is 6.21 Å². The van der Waals surface area contributed by atoms with Crippen molar-refractivity contribution in [3.63, 3.8) is 0 Å². The maximum absolute atomic E-state index is 4.35. The normalized spacial score (nSPS) is 13.9. The number of nitrogens with zero attached hydrogens (tertiary/aromatic N) is 1. The molecule has 0 aliphatic heterocycles. The van der Waals surface area contributed by atoms with Crippen LogP contribution in [0.2, 0.25) is 0 Å². The zero-order valence-electron chi connectivity index (χ0n) is 8.81. The zero-order chi connectivity index (χ0) is 9.78. The second-order valence-corrected chi connectivity index (χ2v) is 4.03. The molecule has 0 unspecified atom stereocenters. The average Bonchev–Trinajstić information content (AvgIpc) is 1.85. The van der Waals surface area contributed by atoms with Crippen LogP contribution in [0.15, 0.2) is 28.9 Å². The molecule has 0 aliphatic rings. The number of rotatable bonds is 2. The van der Waals surface area contributed by atoms with E-state index in [4.69, 9.17) is 0 Å². The SMILES string of the molecule is C=C(C)C=N/C(=C\C)C(C)(C)C. The summed E-state index contributed by atoms with van der Waals surface area (Å²) >= 11 is 0. The van der Waals surface area contributed by atoms with Crippen molar-refractivity contribution in [2.24, 2.45) is 10.4 Å². The van der Waals surface area contributed by atoms with E-state index in [1.807, 2.05) is 19.9 Å². The van der Waals surface area contributed by atoms with E-state index >= 15 is 0 Å². The van der Waals surface area contributed by atoms with E-state index in [2.05, 4.69) is 32.3 Å². The van der Waals surface area contributed by atoms with Crippen molar-refractivity contribution in [2.75, 3.05) is 0 Å². The van der Waals surface area contributed by atoms with Crippen LogP contribution in [0.1, 0.15) is 34.6 Å². The van der Waals surface area contributed by atoms with Gasteiger partial charge in [-0.1, -0.05) is 33.4 Å². The Morgan fingerprint density at radius 3 is 2.08 bits per heavy atom. The van der Waals surface area contributed by atoms with Gasteiger partial charge < -0.3 is 0 Å². The molecular weight excluding hydrogens is 146 g/mol. The molecule has 1 nitrogen and oxygen atoms in total.